The van der Waals surface area contributed by atoms with Crippen LogP contribution in [0.15, 0.2) is 48.6 Å². The van der Waals surface area contributed by atoms with E-state index in [2.05, 4.69) is 85.2 Å². The average Bonchev–Trinajstić information content (AvgIpc) is 3.19. The van der Waals surface area contributed by atoms with E-state index in [1.807, 2.05) is 0 Å². The molecule has 2 unspecified atom stereocenters. The molecule has 0 aromatic heterocycles. The van der Waals surface area contributed by atoms with Gasteiger partial charge in [-0.3, -0.25) is 0 Å². The van der Waals surface area contributed by atoms with Crippen molar-refractivity contribution in [3.8, 4) is 0 Å². The molecule has 25 heavy (non-hydrogen) atoms. The van der Waals surface area contributed by atoms with Crippen LogP contribution in [-0.2, 0) is 15.7 Å². The van der Waals surface area contributed by atoms with Gasteiger partial charge in [0, 0.05) is 0 Å². The van der Waals surface area contributed by atoms with Crippen LogP contribution in [0.5, 0.6) is 0 Å². The standard InChI is InChI=1S/2C10H9.C2H4.2ClH.Hf/c2*1-8-5-6-9-3-2-4-10(9)7-8;1-2;;;/h2*2-7H,1H3;1H,2H3;2*1H;/q;;;;;+2/p-2. The third-order valence-electron chi connectivity index (χ3n) is 5.83. The predicted molar refractivity (Wildman–Crippen MR) is 109 cm³/mol. The molecule has 0 aliphatic heterocycles. The zero-order valence-corrected chi connectivity index (χ0v) is 19.9. The molecule has 0 saturated carbocycles. The fourth-order valence-electron chi connectivity index (χ4n) is 4.35. The molecule has 0 spiro atoms. The number of hydrogen-bond acceptors (Lipinski definition) is 0. The molecule has 0 heterocycles. The van der Waals surface area contributed by atoms with E-state index in [4.69, 9.17) is 17.2 Å². The Morgan fingerprint density at radius 3 is 1.64 bits per heavy atom. The number of fused-ring (bicyclic) bond motifs is 2. The quantitative estimate of drug-likeness (QED) is 0.365. The van der Waals surface area contributed by atoms with E-state index in [9.17, 15) is 0 Å². The van der Waals surface area contributed by atoms with Crippen molar-refractivity contribution in [1.29, 1.82) is 0 Å². The summed E-state index contributed by atoms with van der Waals surface area (Å²) in [6, 6.07) is 13.2. The molecule has 2 atom stereocenters. The van der Waals surface area contributed by atoms with E-state index in [1.54, 1.807) is 0 Å². The van der Waals surface area contributed by atoms with Crippen molar-refractivity contribution in [2.24, 2.45) is 0 Å². The van der Waals surface area contributed by atoms with Crippen LogP contribution in [0.2, 0.25) is 0 Å². The summed E-state index contributed by atoms with van der Waals surface area (Å²) in [6.07, 6.45) is 8.89. The van der Waals surface area contributed by atoms with Crippen molar-refractivity contribution in [3.63, 3.8) is 0 Å². The predicted octanol–water partition coefficient (Wildman–Crippen LogP) is 6.96. The van der Waals surface area contributed by atoms with Gasteiger partial charge in [-0.2, -0.15) is 0 Å². The zero-order valence-electron chi connectivity index (χ0n) is 14.8. The van der Waals surface area contributed by atoms with Crippen molar-refractivity contribution >= 4 is 33.1 Å². The zero-order chi connectivity index (χ0) is 17.8. The third kappa shape index (κ3) is 2.62. The Hall–Kier alpha value is -0.760. The maximum atomic E-state index is 7.58. The van der Waals surface area contributed by atoms with Gasteiger partial charge in [0.1, 0.15) is 0 Å². The number of aryl methyl sites for hydroxylation is 2. The number of halogens is 2. The van der Waals surface area contributed by atoms with Crippen LogP contribution in [0.4, 0.5) is 0 Å². The first-order chi connectivity index (χ1) is 11.8. The summed E-state index contributed by atoms with van der Waals surface area (Å²) in [5.74, 6) is 0. The molecule has 2 aromatic rings. The molecule has 2 aliphatic rings. The molecular weight excluding hydrogens is 514 g/mol. The van der Waals surface area contributed by atoms with Crippen LogP contribution in [0.25, 0.3) is 12.2 Å². The Labute approximate surface area is 157 Å². The molecule has 0 bridgehead atoms. The second kappa shape index (κ2) is 5.87. The van der Waals surface area contributed by atoms with Crippen LogP contribution in [0.1, 0.15) is 47.7 Å². The summed E-state index contributed by atoms with van der Waals surface area (Å²) in [5.41, 5.74) is 7.63. The first-order valence-electron chi connectivity index (χ1n) is 8.79. The Bertz CT molecular complexity index is 931. The van der Waals surface area contributed by atoms with Crippen LogP contribution < -0.4 is 0 Å². The minimum absolute atomic E-state index is 0.126. The van der Waals surface area contributed by atoms with Crippen LogP contribution in [0.3, 0.4) is 0 Å². The topological polar surface area (TPSA) is 0 Å². The van der Waals surface area contributed by atoms with Crippen LogP contribution >= 0.6 is 17.2 Å². The van der Waals surface area contributed by atoms with Crippen molar-refractivity contribution in [1.82, 2.24) is 0 Å². The van der Waals surface area contributed by atoms with Gasteiger partial charge in [-0.1, -0.05) is 0 Å². The van der Waals surface area contributed by atoms with Gasteiger partial charge >= 0.3 is 159 Å². The monoisotopic (exact) mass is 536 g/mol. The SMILES string of the molecule is C[CH]=[Hf]([Cl])([Cl])([CH]1C=Cc2ccc(C)cc21)[CH]1C=Cc2ccc(C)cc21. The Morgan fingerprint density at radius 1 is 0.800 bits per heavy atom. The van der Waals surface area contributed by atoms with E-state index >= 15 is 0 Å². The van der Waals surface area contributed by atoms with Crippen molar-refractivity contribution in [2.45, 2.75) is 28.1 Å². The van der Waals surface area contributed by atoms with Gasteiger partial charge in [0.05, 0.1) is 0 Å². The Kier molecular flexibility index (Phi) is 4.15. The van der Waals surface area contributed by atoms with E-state index in [1.165, 1.54) is 33.4 Å². The normalized spacial score (nSPS) is 21.4. The minimum atomic E-state index is -4.49. The second-order valence-electron chi connectivity index (χ2n) is 7.45. The van der Waals surface area contributed by atoms with E-state index in [0.717, 1.165) is 0 Å². The third-order valence-corrected chi connectivity index (χ3v) is 33.2. The van der Waals surface area contributed by atoms with Gasteiger partial charge in [-0.05, 0) is 0 Å². The summed E-state index contributed by atoms with van der Waals surface area (Å²) in [6.45, 7) is 6.33. The molecule has 2 aromatic carbocycles. The van der Waals surface area contributed by atoms with Crippen molar-refractivity contribution in [3.05, 3.63) is 81.9 Å². The van der Waals surface area contributed by atoms with Gasteiger partial charge in [-0.15, -0.1) is 0 Å². The van der Waals surface area contributed by atoms with Gasteiger partial charge in [0.15, 0.2) is 0 Å². The Balaban J connectivity index is 1.92. The summed E-state index contributed by atoms with van der Waals surface area (Å²) in [5, 5.41) is 0. The molecule has 0 amide bonds. The summed E-state index contributed by atoms with van der Waals surface area (Å²) >= 11 is -4.49. The summed E-state index contributed by atoms with van der Waals surface area (Å²) in [7, 11) is 15.2. The number of benzene rings is 2. The molecule has 0 radical (unpaired) electrons. The number of allylic oxidation sites excluding steroid dienone is 2. The molecule has 0 N–H and O–H groups in total. The Morgan fingerprint density at radius 2 is 1.24 bits per heavy atom. The van der Waals surface area contributed by atoms with Crippen LogP contribution in [-0.4, -0.2) is 3.76 Å². The van der Waals surface area contributed by atoms with Crippen LogP contribution in [0, 0.1) is 13.8 Å². The van der Waals surface area contributed by atoms with Gasteiger partial charge < -0.3 is 0 Å². The number of rotatable bonds is 2. The number of hydrogen-bond donors (Lipinski definition) is 0. The fraction of sp³-hybridized carbons (Fsp3) is 0.227. The molecule has 0 fully saturated rings. The van der Waals surface area contributed by atoms with E-state index < -0.39 is 15.7 Å². The van der Waals surface area contributed by atoms with Gasteiger partial charge in [0.2, 0.25) is 0 Å². The van der Waals surface area contributed by atoms with Crippen molar-refractivity contribution in [2.75, 3.05) is 0 Å². The van der Waals surface area contributed by atoms with Gasteiger partial charge in [0.25, 0.3) is 0 Å². The van der Waals surface area contributed by atoms with E-state index in [0.29, 0.717) is 0 Å². The molecule has 0 nitrogen and oxygen atoms in total. The van der Waals surface area contributed by atoms with Gasteiger partial charge in [-0.25, -0.2) is 0 Å². The fourth-order valence-corrected chi connectivity index (χ4v) is 24.0. The molecule has 0 saturated heterocycles. The molecule has 2 aliphatic carbocycles. The first kappa shape index (κ1) is 17.6. The van der Waals surface area contributed by atoms with E-state index in [-0.39, 0.29) is 7.35 Å². The first-order valence-corrected chi connectivity index (χ1v) is 23.9. The summed E-state index contributed by atoms with van der Waals surface area (Å²) in [4.78, 5) is 0. The molecule has 3 heteroatoms. The molecular formula is C22H22Cl2Hf. The molecule has 128 valence electrons. The average molecular weight is 536 g/mol. The molecule has 4 rings (SSSR count). The van der Waals surface area contributed by atoms with Crippen molar-refractivity contribution < 1.29 is 15.7 Å². The maximum absolute atomic E-state index is 7.58. The second-order valence-corrected chi connectivity index (χ2v) is 38.2. The summed E-state index contributed by atoms with van der Waals surface area (Å²) < 4.78 is 2.45.